The Kier molecular flexibility index (Phi) is 3.37. The molecule has 1 atom stereocenters. The minimum atomic E-state index is -2.86. The van der Waals surface area contributed by atoms with Crippen LogP contribution in [0.1, 0.15) is 6.92 Å². The molecule has 0 saturated heterocycles. The monoisotopic (exact) mass is 160 g/mol. The highest BCUT2D eigenvalue weighted by molar-refractivity contribution is 8.21. The summed E-state index contributed by atoms with van der Waals surface area (Å²) in [6, 6.07) is 0. The fraction of sp³-hybridized carbons (Fsp3) is 1.00. The zero-order valence-corrected chi connectivity index (χ0v) is 6.26. The smallest absolute Gasteiger partial charge is 0.279 e. The third kappa shape index (κ3) is 6.86. The normalized spacial score (nSPS) is 18.7. The minimum Gasteiger partial charge on any atom is -0.334 e. The topological polar surface area (TPSA) is 29.5 Å². The van der Waals surface area contributed by atoms with Crippen LogP contribution in [0.2, 0.25) is 0 Å². The Morgan fingerprint density at radius 1 is 2.00 bits per heavy atom. The van der Waals surface area contributed by atoms with E-state index < -0.39 is 5.84 Å². The maximum atomic E-state index is 8.49. The molecular formula is C2H6ClO2PS. The zero-order chi connectivity index (χ0) is 5.91. The van der Waals surface area contributed by atoms with Crippen molar-refractivity contribution in [3.05, 3.63) is 0 Å². The van der Waals surface area contributed by atoms with E-state index in [4.69, 9.17) is 16.1 Å². The molecule has 5 heteroatoms. The first kappa shape index (κ1) is 7.86. The van der Waals surface area contributed by atoms with Gasteiger partial charge in [-0.05, 0) is 30.0 Å². The minimum absolute atomic E-state index is 0.372. The quantitative estimate of drug-likeness (QED) is 0.621. The van der Waals surface area contributed by atoms with Gasteiger partial charge in [0, 0.05) is 0 Å². The Morgan fingerprint density at radius 2 is 2.43 bits per heavy atom. The van der Waals surface area contributed by atoms with Crippen LogP contribution in [0.25, 0.3) is 0 Å². The molecular weight excluding hydrogens is 155 g/mol. The molecule has 2 nitrogen and oxygen atoms in total. The van der Waals surface area contributed by atoms with Crippen molar-refractivity contribution >= 4 is 28.9 Å². The summed E-state index contributed by atoms with van der Waals surface area (Å²) in [5.41, 5.74) is 0. The molecule has 0 aliphatic carbocycles. The van der Waals surface area contributed by atoms with Crippen LogP contribution in [-0.4, -0.2) is 11.5 Å². The van der Waals surface area contributed by atoms with Crippen molar-refractivity contribution in [1.82, 2.24) is 0 Å². The van der Waals surface area contributed by atoms with Crippen molar-refractivity contribution in [3.8, 4) is 0 Å². The van der Waals surface area contributed by atoms with Crippen molar-refractivity contribution < 1.29 is 9.42 Å². The van der Waals surface area contributed by atoms with Gasteiger partial charge in [-0.3, -0.25) is 0 Å². The van der Waals surface area contributed by atoms with Crippen molar-refractivity contribution in [2.24, 2.45) is 0 Å². The molecule has 44 valence electrons. The molecule has 1 N–H and O–H groups in total. The Balaban J connectivity index is 3.36. The molecule has 0 amide bonds. The fourth-order valence-corrected chi connectivity index (χ4v) is 1.09. The lowest BCUT2D eigenvalue weighted by atomic mass is 10.9. The molecule has 7 heavy (non-hydrogen) atoms. The number of rotatable bonds is 2. The molecule has 0 spiro atoms. The van der Waals surface area contributed by atoms with Crippen LogP contribution in [-0.2, 0) is 16.3 Å². The second kappa shape index (κ2) is 3.00. The van der Waals surface area contributed by atoms with Gasteiger partial charge in [0.05, 0.1) is 6.61 Å². The van der Waals surface area contributed by atoms with Crippen LogP contribution < -0.4 is 0 Å². The first-order valence-electron chi connectivity index (χ1n) is 1.73. The Labute approximate surface area is 52.4 Å². The van der Waals surface area contributed by atoms with Crippen molar-refractivity contribution in [2.75, 3.05) is 6.61 Å². The number of hydrogen-bond donors (Lipinski definition) is 1. The highest BCUT2D eigenvalue weighted by Gasteiger charge is 2.03. The third-order valence-electron chi connectivity index (χ3n) is 0.288. The molecule has 0 saturated carbocycles. The van der Waals surface area contributed by atoms with Crippen molar-refractivity contribution in [3.63, 3.8) is 0 Å². The zero-order valence-electron chi connectivity index (χ0n) is 3.80. The van der Waals surface area contributed by atoms with Crippen LogP contribution in [0.3, 0.4) is 0 Å². The van der Waals surface area contributed by atoms with Crippen LogP contribution in [0.5, 0.6) is 0 Å². The van der Waals surface area contributed by atoms with Gasteiger partial charge < -0.3 is 9.42 Å². The molecule has 0 bridgehead atoms. The van der Waals surface area contributed by atoms with Gasteiger partial charge in [-0.15, -0.1) is 0 Å². The lowest BCUT2D eigenvalue weighted by Gasteiger charge is -2.01. The molecule has 0 fully saturated rings. The molecule has 1 unspecified atom stereocenters. The van der Waals surface area contributed by atoms with Crippen LogP contribution >= 0.6 is 17.1 Å². The van der Waals surface area contributed by atoms with Gasteiger partial charge in [0.15, 0.2) is 0 Å². The molecule has 0 aromatic heterocycles. The second-order valence-corrected chi connectivity index (χ2v) is 5.49. The van der Waals surface area contributed by atoms with Crippen LogP contribution in [0.15, 0.2) is 0 Å². The molecule has 0 aliphatic rings. The Morgan fingerprint density at radius 3 is 2.43 bits per heavy atom. The maximum absolute atomic E-state index is 8.49. The van der Waals surface area contributed by atoms with Gasteiger partial charge >= 0.3 is 0 Å². The van der Waals surface area contributed by atoms with Gasteiger partial charge in [0.2, 0.25) is 0 Å². The van der Waals surface area contributed by atoms with E-state index in [1.54, 1.807) is 6.92 Å². The molecule has 0 aromatic rings. The number of hydrogen-bond acceptors (Lipinski definition) is 2. The molecule has 0 aromatic carbocycles. The standard InChI is InChI=1S/C2H6ClO2PS/c1-2-5-6(3,4)7/h2H2,1H3,(H,4,7). The number of halogens is 1. The van der Waals surface area contributed by atoms with Gasteiger partial charge in [-0.25, -0.2) is 0 Å². The average Bonchev–Trinajstić information content (AvgIpc) is 1.30. The van der Waals surface area contributed by atoms with Crippen LogP contribution in [0, 0.1) is 0 Å². The van der Waals surface area contributed by atoms with Crippen LogP contribution in [0.4, 0.5) is 0 Å². The average molecular weight is 161 g/mol. The van der Waals surface area contributed by atoms with E-state index in [1.807, 2.05) is 0 Å². The second-order valence-electron chi connectivity index (χ2n) is 0.869. The highest BCUT2D eigenvalue weighted by Crippen LogP contribution is 2.47. The predicted molar refractivity (Wildman–Crippen MR) is 34.0 cm³/mol. The predicted octanol–water partition coefficient (Wildman–Crippen LogP) is 1.48. The summed E-state index contributed by atoms with van der Waals surface area (Å²) < 4.78 is 4.48. The summed E-state index contributed by atoms with van der Waals surface area (Å²) in [6.45, 7) is 2.09. The SMILES string of the molecule is CCOP(O)(=S)Cl. The molecule has 0 aliphatic heterocycles. The summed E-state index contributed by atoms with van der Waals surface area (Å²) in [7, 11) is 0. The van der Waals surface area contributed by atoms with E-state index in [2.05, 4.69) is 16.3 Å². The molecule has 0 rings (SSSR count). The van der Waals surface area contributed by atoms with E-state index >= 15 is 0 Å². The van der Waals surface area contributed by atoms with Crippen molar-refractivity contribution in [2.45, 2.75) is 6.92 Å². The Bertz CT molecular complexity index is 89.7. The van der Waals surface area contributed by atoms with E-state index in [9.17, 15) is 0 Å². The van der Waals surface area contributed by atoms with Gasteiger partial charge in [0.25, 0.3) is 5.84 Å². The lowest BCUT2D eigenvalue weighted by molar-refractivity contribution is 0.339. The first-order chi connectivity index (χ1) is 3.06. The fourth-order valence-electron chi connectivity index (χ4n) is 0.159. The molecule has 0 heterocycles. The van der Waals surface area contributed by atoms with E-state index in [0.29, 0.717) is 6.61 Å². The largest absolute Gasteiger partial charge is 0.334 e. The van der Waals surface area contributed by atoms with Gasteiger partial charge in [-0.2, -0.15) is 0 Å². The van der Waals surface area contributed by atoms with E-state index in [-0.39, 0.29) is 0 Å². The summed E-state index contributed by atoms with van der Waals surface area (Å²) in [5, 5.41) is 0. The lowest BCUT2D eigenvalue weighted by Crippen LogP contribution is -1.78. The molecule has 0 radical (unpaired) electrons. The summed E-state index contributed by atoms with van der Waals surface area (Å²) in [6.07, 6.45) is 0. The van der Waals surface area contributed by atoms with E-state index in [0.717, 1.165) is 0 Å². The first-order valence-corrected chi connectivity index (χ1v) is 5.31. The van der Waals surface area contributed by atoms with E-state index in [1.165, 1.54) is 0 Å². The summed E-state index contributed by atoms with van der Waals surface area (Å²) in [4.78, 5) is 8.49. The van der Waals surface area contributed by atoms with Gasteiger partial charge in [-0.1, -0.05) is 0 Å². The summed E-state index contributed by atoms with van der Waals surface area (Å²) in [5.74, 6) is -2.86. The van der Waals surface area contributed by atoms with Gasteiger partial charge in [0.1, 0.15) is 0 Å². The Hall–Kier alpha value is 0.860. The maximum Gasteiger partial charge on any atom is 0.279 e. The summed E-state index contributed by atoms with van der Waals surface area (Å²) >= 11 is 9.39. The highest BCUT2D eigenvalue weighted by atomic mass is 35.7. The van der Waals surface area contributed by atoms with Crippen molar-refractivity contribution in [1.29, 1.82) is 0 Å². The third-order valence-corrected chi connectivity index (χ3v) is 1.47.